The number of hydrogen-bond donors (Lipinski definition) is 1. The number of aryl methyl sites for hydroxylation is 1. The van der Waals surface area contributed by atoms with Gasteiger partial charge in [0.15, 0.2) is 5.56 Å². The molecule has 4 aromatic rings. The molecule has 9 heteroatoms. The fourth-order valence-corrected chi connectivity index (χ4v) is 3.39. The molecular formula is C23H17ClFN3O4. The van der Waals surface area contributed by atoms with Crippen molar-refractivity contribution in [3.63, 3.8) is 0 Å². The standard InChI is InChI=1S/C23H17ClFN3O4/c1-3-31-23(30)19-20(13-4-6-14(24)7-5-13)28-32-22(19)27-21(29)17-10-12(2)26-18-9-8-15(25)11-16(17)18/h4-11H,3H2,1-2H3,(H,27,29). The zero-order valence-corrected chi connectivity index (χ0v) is 17.9. The predicted molar refractivity (Wildman–Crippen MR) is 117 cm³/mol. The number of ether oxygens (including phenoxy) is 1. The van der Waals surface area contributed by atoms with E-state index in [9.17, 15) is 14.0 Å². The third-order valence-corrected chi connectivity index (χ3v) is 4.91. The minimum atomic E-state index is -0.712. The van der Waals surface area contributed by atoms with Crippen LogP contribution >= 0.6 is 11.6 Å². The van der Waals surface area contributed by atoms with Crippen molar-refractivity contribution in [1.82, 2.24) is 10.1 Å². The van der Waals surface area contributed by atoms with Crippen molar-refractivity contribution in [1.29, 1.82) is 0 Å². The molecule has 7 nitrogen and oxygen atoms in total. The molecule has 2 aromatic carbocycles. The van der Waals surface area contributed by atoms with Crippen molar-refractivity contribution in [2.45, 2.75) is 13.8 Å². The normalized spacial score (nSPS) is 10.9. The summed E-state index contributed by atoms with van der Waals surface area (Å²) in [4.78, 5) is 30.1. The number of hydrogen-bond acceptors (Lipinski definition) is 6. The highest BCUT2D eigenvalue weighted by atomic mass is 35.5. The largest absolute Gasteiger partial charge is 0.462 e. The van der Waals surface area contributed by atoms with Crippen LogP contribution in [0.15, 0.2) is 53.1 Å². The Hall–Kier alpha value is -3.78. The van der Waals surface area contributed by atoms with Crippen molar-refractivity contribution in [2.24, 2.45) is 0 Å². The van der Waals surface area contributed by atoms with E-state index in [1.165, 1.54) is 24.3 Å². The van der Waals surface area contributed by atoms with Gasteiger partial charge in [0.25, 0.3) is 5.91 Å². The Labute approximate surface area is 187 Å². The van der Waals surface area contributed by atoms with Crippen molar-refractivity contribution >= 4 is 40.3 Å². The van der Waals surface area contributed by atoms with Gasteiger partial charge in [0.2, 0.25) is 5.88 Å². The fraction of sp³-hybridized carbons (Fsp3) is 0.130. The van der Waals surface area contributed by atoms with Crippen LogP contribution in [0.3, 0.4) is 0 Å². The first-order chi connectivity index (χ1) is 15.4. The number of amides is 1. The summed E-state index contributed by atoms with van der Waals surface area (Å²) in [7, 11) is 0. The van der Waals surface area contributed by atoms with Crippen LogP contribution in [0.2, 0.25) is 5.02 Å². The van der Waals surface area contributed by atoms with E-state index in [2.05, 4.69) is 15.5 Å². The molecule has 2 aromatic heterocycles. The van der Waals surface area contributed by atoms with Crippen molar-refractivity contribution < 1.29 is 23.2 Å². The van der Waals surface area contributed by atoms with Gasteiger partial charge in [-0.3, -0.25) is 15.1 Å². The van der Waals surface area contributed by atoms with Gasteiger partial charge in [0.05, 0.1) is 17.7 Å². The van der Waals surface area contributed by atoms with Crippen LogP contribution < -0.4 is 5.32 Å². The number of carbonyl (C=O) groups excluding carboxylic acids is 2. The molecule has 0 radical (unpaired) electrons. The third-order valence-electron chi connectivity index (χ3n) is 4.66. The second kappa shape index (κ2) is 8.76. The smallest absolute Gasteiger partial charge is 0.346 e. The number of anilines is 1. The zero-order valence-electron chi connectivity index (χ0n) is 17.1. The summed E-state index contributed by atoms with van der Waals surface area (Å²) in [5, 5.41) is 7.35. The van der Waals surface area contributed by atoms with E-state index in [1.54, 1.807) is 38.1 Å². The van der Waals surface area contributed by atoms with Crippen molar-refractivity contribution in [3.8, 4) is 11.3 Å². The van der Waals surface area contributed by atoms with Gasteiger partial charge in [-0.25, -0.2) is 9.18 Å². The molecule has 162 valence electrons. The molecule has 0 aliphatic carbocycles. The summed E-state index contributed by atoms with van der Waals surface area (Å²) in [5.41, 5.74) is 1.90. The summed E-state index contributed by atoms with van der Waals surface area (Å²) < 4.78 is 24.3. The van der Waals surface area contributed by atoms with Gasteiger partial charge in [-0.2, -0.15) is 0 Å². The first-order valence-corrected chi connectivity index (χ1v) is 10.1. The van der Waals surface area contributed by atoms with Crippen LogP contribution in [0.25, 0.3) is 22.2 Å². The molecule has 0 saturated heterocycles. The molecule has 0 spiro atoms. The lowest BCUT2D eigenvalue weighted by Gasteiger charge is -2.09. The quantitative estimate of drug-likeness (QED) is 0.405. The van der Waals surface area contributed by atoms with Gasteiger partial charge in [-0.05, 0) is 50.2 Å². The summed E-state index contributed by atoms with van der Waals surface area (Å²) in [6.45, 7) is 3.49. The van der Waals surface area contributed by atoms with Gasteiger partial charge in [0, 0.05) is 21.7 Å². The minimum absolute atomic E-state index is 0.0382. The number of nitrogens with one attached hydrogen (secondary N) is 1. The Morgan fingerprint density at radius 1 is 1.16 bits per heavy atom. The molecule has 0 aliphatic heterocycles. The summed E-state index contributed by atoms with van der Waals surface area (Å²) in [6.07, 6.45) is 0. The third kappa shape index (κ3) is 4.17. The van der Waals surface area contributed by atoms with Crippen LogP contribution in [0, 0.1) is 12.7 Å². The number of benzene rings is 2. The summed E-state index contributed by atoms with van der Waals surface area (Å²) in [5.74, 6) is -2.02. The van der Waals surface area contributed by atoms with Crippen LogP contribution in [-0.4, -0.2) is 28.6 Å². The van der Waals surface area contributed by atoms with E-state index in [0.717, 1.165) is 0 Å². The molecule has 0 fully saturated rings. The predicted octanol–water partition coefficient (Wildman–Crippen LogP) is 5.42. The average molecular weight is 454 g/mol. The number of rotatable bonds is 5. The van der Waals surface area contributed by atoms with Crippen LogP contribution in [0.5, 0.6) is 0 Å². The number of carbonyl (C=O) groups is 2. The maximum Gasteiger partial charge on any atom is 0.346 e. The Balaban J connectivity index is 1.77. The van der Waals surface area contributed by atoms with E-state index in [0.29, 0.717) is 27.2 Å². The maximum absolute atomic E-state index is 13.8. The Bertz CT molecular complexity index is 1340. The topological polar surface area (TPSA) is 94.3 Å². The Morgan fingerprint density at radius 3 is 2.62 bits per heavy atom. The van der Waals surface area contributed by atoms with E-state index >= 15 is 0 Å². The van der Waals surface area contributed by atoms with Crippen molar-refractivity contribution in [3.05, 3.63) is 76.2 Å². The molecule has 4 rings (SSSR count). The fourth-order valence-electron chi connectivity index (χ4n) is 3.26. The van der Waals surface area contributed by atoms with Gasteiger partial charge >= 0.3 is 5.97 Å². The van der Waals surface area contributed by atoms with E-state index < -0.39 is 17.7 Å². The molecule has 0 atom stereocenters. The van der Waals surface area contributed by atoms with E-state index in [1.807, 2.05) is 0 Å². The summed E-state index contributed by atoms with van der Waals surface area (Å²) in [6, 6.07) is 12.1. The number of esters is 1. The maximum atomic E-state index is 13.8. The lowest BCUT2D eigenvalue weighted by atomic mass is 10.1. The monoisotopic (exact) mass is 453 g/mol. The zero-order chi connectivity index (χ0) is 22.8. The molecule has 0 bridgehead atoms. The molecule has 1 N–H and O–H groups in total. The van der Waals surface area contributed by atoms with Crippen molar-refractivity contribution in [2.75, 3.05) is 11.9 Å². The van der Waals surface area contributed by atoms with Gasteiger partial charge < -0.3 is 9.26 Å². The number of fused-ring (bicyclic) bond motifs is 1. The molecule has 1 amide bonds. The molecule has 2 heterocycles. The summed E-state index contributed by atoms with van der Waals surface area (Å²) >= 11 is 5.94. The van der Waals surface area contributed by atoms with Crippen LogP contribution in [-0.2, 0) is 4.74 Å². The highest BCUT2D eigenvalue weighted by molar-refractivity contribution is 6.30. The Kier molecular flexibility index (Phi) is 5.87. The van der Waals surface area contributed by atoms with Crippen LogP contribution in [0.1, 0.15) is 33.3 Å². The molecular weight excluding hydrogens is 437 g/mol. The number of pyridine rings is 1. The highest BCUT2D eigenvalue weighted by Crippen LogP contribution is 2.31. The van der Waals surface area contributed by atoms with Gasteiger partial charge in [-0.1, -0.05) is 28.9 Å². The first-order valence-electron chi connectivity index (χ1n) is 9.68. The average Bonchev–Trinajstić information content (AvgIpc) is 3.17. The molecule has 0 saturated carbocycles. The SMILES string of the molecule is CCOC(=O)c1c(-c2ccc(Cl)cc2)noc1NC(=O)c1cc(C)nc2ccc(F)cc12. The highest BCUT2D eigenvalue weighted by Gasteiger charge is 2.27. The van der Waals surface area contributed by atoms with E-state index in [-0.39, 0.29) is 29.3 Å². The Morgan fingerprint density at radius 2 is 1.91 bits per heavy atom. The molecule has 0 unspecified atom stereocenters. The minimum Gasteiger partial charge on any atom is -0.462 e. The number of nitrogens with zero attached hydrogens (tertiary/aromatic N) is 2. The molecule has 32 heavy (non-hydrogen) atoms. The second-order valence-corrected chi connectivity index (χ2v) is 7.33. The lowest BCUT2D eigenvalue weighted by molar-refractivity contribution is 0.0528. The second-order valence-electron chi connectivity index (χ2n) is 6.89. The van der Waals surface area contributed by atoms with Gasteiger partial charge in [0.1, 0.15) is 11.5 Å². The van der Waals surface area contributed by atoms with E-state index in [4.69, 9.17) is 20.9 Å². The van der Waals surface area contributed by atoms with Crippen LogP contribution in [0.4, 0.5) is 10.3 Å². The molecule has 0 aliphatic rings. The number of aromatic nitrogens is 2. The number of halogens is 2. The van der Waals surface area contributed by atoms with Gasteiger partial charge in [-0.15, -0.1) is 0 Å². The lowest BCUT2D eigenvalue weighted by Crippen LogP contribution is -2.16. The first kappa shape index (κ1) is 21.5.